The SMILES string of the molecule is CN(C)c1nsc(N2CCC(C3CCN(c4ccc(C(=O)O)cc4)CC3)CC2)n1. The highest BCUT2D eigenvalue weighted by atomic mass is 32.1. The number of aromatic carboxylic acids is 1. The van der Waals surface area contributed by atoms with E-state index in [1.807, 2.05) is 31.1 Å². The molecule has 8 heteroatoms. The van der Waals surface area contributed by atoms with Crippen molar-refractivity contribution in [1.29, 1.82) is 0 Å². The molecule has 2 saturated heterocycles. The van der Waals surface area contributed by atoms with Crippen LogP contribution in [0.25, 0.3) is 0 Å². The molecule has 29 heavy (non-hydrogen) atoms. The lowest BCUT2D eigenvalue weighted by molar-refractivity contribution is 0.0697. The average molecular weight is 416 g/mol. The van der Waals surface area contributed by atoms with Gasteiger partial charge in [0.2, 0.25) is 11.1 Å². The summed E-state index contributed by atoms with van der Waals surface area (Å²) in [5.74, 6) is 1.52. The average Bonchev–Trinajstić information content (AvgIpc) is 3.25. The molecule has 0 bridgehead atoms. The van der Waals surface area contributed by atoms with Gasteiger partial charge in [-0.25, -0.2) is 4.79 Å². The highest BCUT2D eigenvalue weighted by Gasteiger charge is 2.30. The maximum Gasteiger partial charge on any atom is 0.335 e. The minimum absolute atomic E-state index is 0.350. The summed E-state index contributed by atoms with van der Waals surface area (Å²) in [5, 5.41) is 10.1. The monoisotopic (exact) mass is 415 g/mol. The molecule has 2 aliphatic heterocycles. The molecule has 4 rings (SSSR count). The Morgan fingerprint density at radius 2 is 1.55 bits per heavy atom. The molecular formula is C21H29N5O2S. The maximum absolute atomic E-state index is 11.0. The van der Waals surface area contributed by atoms with E-state index in [1.165, 1.54) is 37.2 Å². The normalized spacial score (nSPS) is 18.8. The molecule has 1 N–H and O–H groups in total. The number of aromatic nitrogens is 2. The second-order valence-corrected chi connectivity index (χ2v) is 9.00. The molecule has 0 amide bonds. The van der Waals surface area contributed by atoms with E-state index in [2.05, 4.69) is 19.2 Å². The Kier molecular flexibility index (Phi) is 5.89. The lowest BCUT2D eigenvalue weighted by Crippen LogP contribution is -2.41. The molecule has 0 unspecified atom stereocenters. The molecule has 1 aromatic carbocycles. The largest absolute Gasteiger partial charge is 0.478 e. The van der Waals surface area contributed by atoms with Gasteiger partial charge in [-0.15, -0.1) is 0 Å². The first-order valence-corrected chi connectivity index (χ1v) is 11.1. The van der Waals surface area contributed by atoms with Crippen molar-refractivity contribution in [3.05, 3.63) is 29.8 Å². The van der Waals surface area contributed by atoms with Crippen LogP contribution in [0.15, 0.2) is 24.3 Å². The summed E-state index contributed by atoms with van der Waals surface area (Å²) in [6, 6.07) is 7.28. The number of piperidine rings is 2. The van der Waals surface area contributed by atoms with E-state index in [-0.39, 0.29) is 0 Å². The third-order valence-corrected chi connectivity index (χ3v) is 7.07. The minimum atomic E-state index is -0.868. The summed E-state index contributed by atoms with van der Waals surface area (Å²) in [5.41, 5.74) is 1.49. The van der Waals surface area contributed by atoms with Gasteiger partial charge in [0.15, 0.2) is 0 Å². The minimum Gasteiger partial charge on any atom is -0.478 e. The van der Waals surface area contributed by atoms with Crippen molar-refractivity contribution in [2.75, 3.05) is 55.0 Å². The van der Waals surface area contributed by atoms with E-state index in [9.17, 15) is 4.79 Å². The zero-order valence-electron chi connectivity index (χ0n) is 17.1. The summed E-state index contributed by atoms with van der Waals surface area (Å²) in [6.07, 6.45) is 4.90. The Hall–Kier alpha value is -2.35. The van der Waals surface area contributed by atoms with Crippen LogP contribution in [-0.2, 0) is 0 Å². The Bertz CT molecular complexity index is 822. The van der Waals surface area contributed by atoms with Crippen molar-refractivity contribution >= 4 is 34.3 Å². The molecule has 0 atom stereocenters. The fraction of sp³-hybridized carbons (Fsp3) is 0.571. The van der Waals surface area contributed by atoms with E-state index < -0.39 is 5.97 Å². The molecule has 0 radical (unpaired) electrons. The number of benzene rings is 1. The number of nitrogens with zero attached hydrogens (tertiary/aromatic N) is 5. The molecular weight excluding hydrogens is 386 g/mol. The molecule has 3 heterocycles. The van der Waals surface area contributed by atoms with E-state index in [0.717, 1.165) is 54.8 Å². The maximum atomic E-state index is 11.0. The van der Waals surface area contributed by atoms with Crippen molar-refractivity contribution in [1.82, 2.24) is 9.36 Å². The molecule has 156 valence electrons. The van der Waals surface area contributed by atoms with Gasteiger partial charge < -0.3 is 19.8 Å². The summed E-state index contributed by atoms with van der Waals surface area (Å²) < 4.78 is 4.43. The van der Waals surface area contributed by atoms with Crippen LogP contribution in [-0.4, -0.2) is 60.7 Å². The molecule has 2 aromatic rings. The third kappa shape index (κ3) is 4.47. The molecule has 7 nitrogen and oxygen atoms in total. The second-order valence-electron chi connectivity index (χ2n) is 8.27. The standard InChI is InChI=1S/C21H29N5O2S/c1-24(2)20-22-21(29-23-20)26-13-9-16(10-14-26)15-7-11-25(12-8-15)18-5-3-17(4-6-18)19(27)28/h3-6,15-16H,7-14H2,1-2H3,(H,27,28). The van der Waals surface area contributed by atoms with E-state index >= 15 is 0 Å². The molecule has 2 aliphatic rings. The number of anilines is 3. The zero-order chi connectivity index (χ0) is 20.4. The van der Waals surface area contributed by atoms with Crippen molar-refractivity contribution in [3.8, 4) is 0 Å². The lowest BCUT2D eigenvalue weighted by Gasteiger charge is -2.40. The van der Waals surface area contributed by atoms with Gasteiger partial charge in [-0.1, -0.05) is 0 Å². The van der Waals surface area contributed by atoms with Gasteiger partial charge in [0.1, 0.15) is 0 Å². The van der Waals surface area contributed by atoms with E-state index in [0.29, 0.717) is 5.56 Å². The van der Waals surface area contributed by atoms with Crippen LogP contribution in [0.4, 0.5) is 16.8 Å². The Balaban J connectivity index is 1.27. The third-order valence-electron chi connectivity index (χ3n) is 6.30. The zero-order valence-corrected chi connectivity index (χ0v) is 17.9. The number of carboxylic acid groups (broad SMARTS) is 1. The van der Waals surface area contributed by atoms with Crippen LogP contribution in [0.3, 0.4) is 0 Å². The molecule has 0 spiro atoms. The van der Waals surface area contributed by atoms with Crippen molar-refractivity contribution in [2.24, 2.45) is 11.8 Å². The summed E-state index contributed by atoms with van der Waals surface area (Å²) >= 11 is 1.50. The Labute approximate surface area is 176 Å². The van der Waals surface area contributed by atoms with E-state index in [1.54, 1.807) is 12.1 Å². The Morgan fingerprint density at radius 3 is 2.03 bits per heavy atom. The predicted molar refractivity (Wildman–Crippen MR) is 118 cm³/mol. The van der Waals surface area contributed by atoms with Crippen molar-refractivity contribution in [2.45, 2.75) is 25.7 Å². The van der Waals surface area contributed by atoms with Crippen molar-refractivity contribution in [3.63, 3.8) is 0 Å². The summed E-state index contributed by atoms with van der Waals surface area (Å²) in [7, 11) is 3.95. The van der Waals surface area contributed by atoms with Crippen LogP contribution >= 0.6 is 11.5 Å². The predicted octanol–water partition coefficient (Wildman–Crippen LogP) is 3.44. The Morgan fingerprint density at radius 1 is 1.00 bits per heavy atom. The van der Waals surface area contributed by atoms with Gasteiger partial charge in [0, 0.05) is 57.5 Å². The summed E-state index contributed by atoms with van der Waals surface area (Å²) in [4.78, 5) is 22.4. The highest BCUT2D eigenvalue weighted by molar-refractivity contribution is 7.09. The molecule has 1 aromatic heterocycles. The van der Waals surface area contributed by atoms with Crippen LogP contribution in [0.5, 0.6) is 0 Å². The number of hydrogen-bond donors (Lipinski definition) is 1. The first-order valence-electron chi connectivity index (χ1n) is 10.4. The smallest absolute Gasteiger partial charge is 0.335 e. The van der Waals surface area contributed by atoms with Crippen LogP contribution in [0.2, 0.25) is 0 Å². The second kappa shape index (κ2) is 8.57. The van der Waals surface area contributed by atoms with Gasteiger partial charge in [0.05, 0.1) is 5.56 Å². The van der Waals surface area contributed by atoms with Gasteiger partial charge in [-0.3, -0.25) is 0 Å². The first-order chi connectivity index (χ1) is 14.0. The highest BCUT2D eigenvalue weighted by Crippen LogP contribution is 2.35. The number of rotatable bonds is 5. The van der Waals surface area contributed by atoms with Gasteiger partial charge in [0.25, 0.3) is 0 Å². The number of hydrogen-bond acceptors (Lipinski definition) is 7. The molecule has 2 fully saturated rings. The number of carbonyl (C=O) groups is 1. The van der Waals surface area contributed by atoms with Gasteiger partial charge in [-0.2, -0.15) is 9.36 Å². The van der Waals surface area contributed by atoms with Crippen LogP contribution in [0.1, 0.15) is 36.0 Å². The quantitative estimate of drug-likeness (QED) is 0.802. The van der Waals surface area contributed by atoms with Crippen molar-refractivity contribution < 1.29 is 9.90 Å². The van der Waals surface area contributed by atoms with Crippen LogP contribution in [0, 0.1) is 11.8 Å². The lowest BCUT2D eigenvalue weighted by atomic mass is 9.79. The van der Waals surface area contributed by atoms with Gasteiger partial charge >= 0.3 is 5.97 Å². The van der Waals surface area contributed by atoms with E-state index in [4.69, 9.17) is 5.11 Å². The number of carboxylic acids is 1. The van der Waals surface area contributed by atoms with Crippen LogP contribution < -0.4 is 14.7 Å². The topological polar surface area (TPSA) is 72.8 Å². The fourth-order valence-electron chi connectivity index (χ4n) is 4.52. The molecule has 0 aliphatic carbocycles. The molecule has 0 saturated carbocycles. The first kappa shape index (κ1) is 19.9. The summed E-state index contributed by atoms with van der Waals surface area (Å²) in [6.45, 7) is 4.26. The fourth-order valence-corrected chi connectivity index (χ4v) is 5.31. The van der Waals surface area contributed by atoms with Gasteiger partial charge in [-0.05, 0) is 61.8 Å².